The predicted molar refractivity (Wildman–Crippen MR) is 66.8 cm³/mol. The number of rotatable bonds is 0. The highest BCUT2D eigenvalue weighted by Crippen LogP contribution is 2.32. The monoisotopic (exact) mass is 220 g/mol. The predicted octanol–water partition coefficient (Wildman–Crippen LogP) is 3.53. The Kier molecular flexibility index (Phi) is 1.56. The van der Waals surface area contributed by atoms with Crippen LogP contribution in [0.4, 0.5) is 0 Å². The molecule has 0 spiro atoms. The minimum absolute atomic E-state index is 0.812. The summed E-state index contributed by atoms with van der Waals surface area (Å²) in [5, 5.41) is 3.35. The van der Waals surface area contributed by atoms with E-state index in [0.29, 0.717) is 0 Å². The summed E-state index contributed by atoms with van der Waals surface area (Å²) in [7, 11) is 0. The summed E-state index contributed by atoms with van der Waals surface area (Å²) in [5.41, 5.74) is 2.54. The fourth-order valence-electron chi connectivity index (χ4n) is 2.33. The Hall–Kier alpha value is -2.42. The van der Waals surface area contributed by atoms with Gasteiger partial charge in [-0.1, -0.05) is 30.3 Å². The third kappa shape index (κ3) is 1.05. The molecule has 3 nitrogen and oxygen atoms in total. The molecule has 0 N–H and O–H groups in total. The second kappa shape index (κ2) is 3.04. The maximum atomic E-state index is 5.49. The number of benzene rings is 2. The van der Waals surface area contributed by atoms with Crippen molar-refractivity contribution in [1.82, 2.24) is 9.97 Å². The molecule has 17 heavy (non-hydrogen) atoms. The van der Waals surface area contributed by atoms with E-state index in [2.05, 4.69) is 28.2 Å². The van der Waals surface area contributed by atoms with Gasteiger partial charge in [0.2, 0.25) is 0 Å². The molecule has 2 heterocycles. The van der Waals surface area contributed by atoms with Crippen molar-refractivity contribution in [3.05, 3.63) is 49.0 Å². The van der Waals surface area contributed by atoms with Gasteiger partial charge >= 0.3 is 0 Å². The standard InChI is InChI=1S/C14H8N2O/c1-2-5-11-9(4-1)10-6-3-7-15-12(10)13-14(11)17-8-16-13/h1-8H. The van der Waals surface area contributed by atoms with E-state index in [-0.39, 0.29) is 0 Å². The van der Waals surface area contributed by atoms with Crippen molar-refractivity contribution in [2.45, 2.75) is 0 Å². The molecule has 4 rings (SSSR count). The summed E-state index contributed by atoms with van der Waals surface area (Å²) in [6.45, 7) is 0. The second-order valence-corrected chi connectivity index (χ2v) is 3.98. The number of nitrogens with zero attached hydrogens (tertiary/aromatic N) is 2. The van der Waals surface area contributed by atoms with E-state index in [9.17, 15) is 0 Å². The molecule has 0 fully saturated rings. The van der Waals surface area contributed by atoms with Crippen LogP contribution in [-0.2, 0) is 0 Å². The summed E-state index contributed by atoms with van der Waals surface area (Å²) in [4.78, 5) is 8.68. The summed E-state index contributed by atoms with van der Waals surface area (Å²) in [5.74, 6) is 0. The molecular weight excluding hydrogens is 212 g/mol. The summed E-state index contributed by atoms with van der Waals surface area (Å²) < 4.78 is 5.49. The second-order valence-electron chi connectivity index (χ2n) is 3.98. The Morgan fingerprint density at radius 2 is 1.59 bits per heavy atom. The Morgan fingerprint density at radius 1 is 0.765 bits per heavy atom. The van der Waals surface area contributed by atoms with E-state index in [1.165, 1.54) is 6.39 Å². The summed E-state index contributed by atoms with van der Waals surface area (Å²) >= 11 is 0. The van der Waals surface area contributed by atoms with Gasteiger partial charge in [-0.2, -0.15) is 0 Å². The first-order chi connectivity index (χ1) is 8.45. The van der Waals surface area contributed by atoms with Gasteiger partial charge < -0.3 is 4.42 Å². The highest BCUT2D eigenvalue weighted by molar-refractivity contribution is 6.21. The average molecular weight is 220 g/mol. The number of hydrogen-bond donors (Lipinski definition) is 0. The van der Waals surface area contributed by atoms with Crippen LogP contribution in [0, 0.1) is 0 Å². The molecule has 0 aliphatic carbocycles. The van der Waals surface area contributed by atoms with E-state index in [1.807, 2.05) is 18.2 Å². The lowest BCUT2D eigenvalue weighted by molar-refractivity contribution is 0.605. The quantitative estimate of drug-likeness (QED) is 0.425. The van der Waals surface area contributed by atoms with Gasteiger partial charge in [-0.3, -0.25) is 4.98 Å². The number of pyridine rings is 1. The van der Waals surface area contributed by atoms with E-state index < -0.39 is 0 Å². The van der Waals surface area contributed by atoms with E-state index in [4.69, 9.17) is 4.42 Å². The molecule has 0 aliphatic rings. The minimum Gasteiger partial charge on any atom is -0.443 e. The lowest BCUT2D eigenvalue weighted by Crippen LogP contribution is -1.83. The number of hydrogen-bond acceptors (Lipinski definition) is 3. The Bertz CT molecular complexity index is 779. The van der Waals surface area contributed by atoms with Gasteiger partial charge in [0.1, 0.15) is 11.0 Å². The van der Waals surface area contributed by atoms with Crippen LogP contribution < -0.4 is 0 Å². The first-order valence-corrected chi connectivity index (χ1v) is 5.44. The maximum absolute atomic E-state index is 5.49. The molecular formula is C14H8N2O. The van der Waals surface area contributed by atoms with Crippen LogP contribution >= 0.6 is 0 Å². The van der Waals surface area contributed by atoms with Crippen molar-refractivity contribution in [3.63, 3.8) is 0 Å². The molecule has 3 heteroatoms. The van der Waals surface area contributed by atoms with Gasteiger partial charge in [0, 0.05) is 17.0 Å². The fraction of sp³-hybridized carbons (Fsp3) is 0. The maximum Gasteiger partial charge on any atom is 0.182 e. The molecule has 0 unspecified atom stereocenters. The highest BCUT2D eigenvalue weighted by Gasteiger charge is 2.11. The first kappa shape index (κ1) is 8.70. The zero-order chi connectivity index (χ0) is 11.2. The molecule has 80 valence electrons. The van der Waals surface area contributed by atoms with Gasteiger partial charge in [-0.25, -0.2) is 4.98 Å². The number of oxazole rings is 1. The van der Waals surface area contributed by atoms with Crippen molar-refractivity contribution in [2.24, 2.45) is 0 Å². The van der Waals surface area contributed by atoms with Crippen LogP contribution in [-0.4, -0.2) is 9.97 Å². The molecule has 0 aliphatic heterocycles. The summed E-state index contributed by atoms with van der Waals surface area (Å²) in [6, 6.07) is 12.2. The van der Waals surface area contributed by atoms with E-state index >= 15 is 0 Å². The van der Waals surface area contributed by atoms with Crippen LogP contribution in [0.2, 0.25) is 0 Å². The highest BCUT2D eigenvalue weighted by atomic mass is 16.3. The Balaban J connectivity index is 2.48. The van der Waals surface area contributed by atoms with Gasteiger partial charge in [0.15, 0.2) is 12.0 Å². The first-order valence-electron chi connectivity index (χ1n) is 5.44. The summed E-state index contributed by atoms with van der Waals surface area (Å²) in [6.07, 6.45) is 3.26. The van der Waals surface area contributed by atoms with Crippen LogP contribution in [0.1, 0.15) is 0 Å². The molecule has 0 amide bonds. The largest absolute Gasteiger partial charge is 0.443 e. The van der Waals surface area contributed by atoms with Crippen LogP contribution in [0.15, 0.2) is 53.4 Å². The average Bonchev–Trinajstić information content (AvgIpc) is 2.89. The molecule has 4 aromatic rings. The molecule has 0 bridgehead atoms. The van der Waals surface area contributed by atoms with E-state index in [0.717, 1.165) is 32.8 Å². The molecule has 2 aromatic carbocycles. The van der Waals surface area contributed by atoms with Gasteiger partial charge in [-0.15, -0.1) is 0 Å². The van der Waals surface area contributed by atoms with Gasteiger partial charge in [0.05, 0.1) is 0 Å². The van der Waals surface area contributed by atoms with Crippen molar-refractivity contribution in [2.75, 3.05) is 0 Å². The van der Waals surface area contributed by atoms with E-state index in [1.54, 1.807) is 6.20 Å². The Morgan fingerprint density at radius 3 is 2.53 bits per heavy atom. The van der Waals surface area contributed by atoms with Crippen molar-refractivity contribution in [3.8, 4) is 0 Å². The smallest absolute Gasteiger partial charge is 0.182 e. The third-order valence-electron chi connectivity index (χ3n) is 3.06. The SMILES string of the molecule is c1ccc2c(c1)c1cccnc1c1ncoc21. The molecule has 0 radical (unpaired) electrons. The topological polar surface area (TPSA) is 38.9 Å². The van der Waals surface area contributed by atoms with Gasteiger partial charge in [0.25, 0.3) is 0 Å². The number of aromatic nitrogens is 2. The third-order valence-corrected chi connectivity index (χ3v) is 3.06. The normalized spacial score (nSPS) is 11.5. The van der Waals surface area contributed by atoms with Gasteiger partial charge in [-0.05, 0) is 11.5 Å². The molecule has 2 aromatic heterocycles. The van der Waals surface area contributed by atoms with Crippen LogP contribution in [0.25, 0.3) is 32.8 Å². The van der Waals surface area contributed by atoms with Crippen LogP contribution in [0.5, 0.6) is 0 Å². The fourth-order valence-corrected chi connectivity index (χ4v) is 2.33. The zero-order valence-corrected chi connectivity index (χ0v) is 8.92. The van der Waals surface area contributed by atoms with Crippen molar-refractivity contribution >= 4 is 32.8 Å². The number of fused-ring (bicyclic) bond motifs is 6. The molecule has 0 saturated heterocycles. The molecule has 0 saturated carbocycles. The van der Waals surface area contributed by atoms with Crippen LogP contribution in [0.3, 0.4) is 0 Å². The lowest BCUT2D eigenvalue weighted by atomic mass is 10.0. The lowest BCUT2D eigenvalue weighted by Gasteiger charge is -2.03. The van der Waals surface area contributed by atoms with Crippen molar-refractivity contribution < 1.29 is 4.42 Å². The van der Waals surface area contributed by atoms with Crippen molar-refractivity contribution in [1.29, 1.82) is 0 Å². The Labute approximate surface area is 96.7 Å². The minimum atomic E-state index is 0.812. The zero-order valence-electron chi connectivity index (χ0n) is 8.92. The molecule has 0 atom stereocenters.